The number of nitrogens with one attached hydrogen (secondary N) is 1. The summed E-state index contributed by atoms with van der Waals surface area (Å²) in [5, 5.41) is 13.4. The first kappa shape index (κ1) is 11.9. The average Bonchev–Trinajstić information content (AvgIpc) is 2.76. The molecule has 3 atom stereocenters. The van der Waals surface area contributed by atoms with Crippen LogP contribution in [0.4, 0.5) is 5.69 Å². The van der Waals surface area contributed by atoms with Gasteiger partial charge in [-0.2, -0.15) is 0 Å². The lowest BCUT2D eigenvalue weighted by Crippen LogP contribution is -2.41. The minimum Gasteiger partial charge on any atom is -0.480 e. The van der Waals surface area contributed by atoms with Crippen molar-refractivity contribution >= 4 is 34.9 Å². The molecule has 0 aromatic heterocycles. The summed E-state index contributed by atoms with van der Waals surface area (Å²) in [6, 6.07) is 2.89. The predicted molar refractivity (Wildman–Crippen MR) is 71.5 cm³/mol. The Bertz CT molecular complexity index is 556. The highest BCUT2D eigenvalue weighted by Gasteiger charge is 2.41. The first-order valence-electron chi connectivity index (χ1n) is 5.73. The summed E-state index contributed by atoms with van der Waals surface area (Å²) < 4.78 is 0. The second-order valence-corrected chi connectivity index (χ2v) is 5.51. The molecule has 0 unspecified atom stereocenters. The number of carbonyl (C=O) groups is 1. The van der Waals surface area contributed by atoms with Crippen LogP contribution < -0.4 is 5.32 Å². The van der Waals surface area contributed by atoms with Gasteiger partial charge in [0.05, 0.1) is 10.7 Å². The molecule has 3 rings (SSSR count). The Labute approximate surface area is 114 Å². The van der Waals surface area contributed by atoms with Gasteiger partial charge in [0.25, 0.3) is 0 Å². The molecule has 94 valence electrons. The van der Waals surface area contributed by atoms with Gasteiger partial charge in [-0.3, -0.25) is 0 Å². The van der Waals surface area contributed by atoms with Crippen LogP contribution in [0.25, 0.3) is 0 Å². The van der Waals surface area contributed by atoms with E-state index in [0.717, 1.165) is 12.0 Å². The molecule has 18 heavy (non-hydrogen) atoms. The Morgan fingerprint density at radius 3 is 2.89 bits per heavy atom. The van der Waals surface area contributed by atoms with E-state index in [-0.39, 0.29) is 11.8 Å². The van der Waals surface area contributed by atoms with E-state index in [1.165, 1.54) is 0 Å². The molecule has 0 saturated heterocycles. The van der Waals surface area contributed by atoms with Crippen molar-refractivity contribution in [1.82, 2.24) is 0 Å². The number of hydrogen-bond acceptors (Lipinski definition) is 2. The number of hydrogen-bond donors (Lipinski definition) is 2. The second-order valence-electron chi connectivity index (χ2n) is 4.67. The van der Waals surface area contributed by atoms with Gasteiger partial charge in [-0.15, -0.1) is 0 Å². The lowest BCUT2D eigenvalue weighted by atomic mass is 9.79. The lowest BCUT2D eigenvalue weighted by Gasteiger charge is -2.35. The van der Waals surface area contributed by atoms with Crippen molar-refractivity contribution in [2.45, 2.75) is 18.4 Å². The molecule has 1 aliphatic heterocycles. The standard InChI is InChI=1S/C13H11Cl2NO2/c14-6-4-9-7-2-1-3-8(7)12(13(17)18)16-11(9)10(15)5-6/h1-2,4-5,7-8,12,16H,3H2,(H,17,18)/t7-,8+,12-/m0/s1. The van der Waals surface area contributed by atoms with Gasteiger partial charge >= 0.3 is 5.97 Å². The largest absolute Gasteiger partial charge is 0.480 e. The summed E-state index contributed by atoms with van der Waals surface area (Å²) in [4.78, 5) is 11.3. The SMILES string of the molecule is O=C(O)[C@H]1Nc2c(Cl)cc(Cl)cc2[C@H]2C=CC[C@@H]12. The van der Waals surface area contributed by atoms with Crippen LogP contribution in [0.2, 0.25) is 10.0 Å². The molecule has 1 aromatic carbocycles. The average molecular weight is 284 g/mol. The molecule has 0 bridgehead atoms. The summed E-state index contributed by atoms with van der Waals surface area (Å²) in [7, 11) is 0. The first-order valence-corrected chi connectivity index (χ1v) is 6.48. The maximum absolute atomic E-state index is 11.3. The molecule has 1 aromatic rings. The normalized spacial score (nSPS) is 28.4. The molecule has 0 radical (unpaired) electrons. The molecule has 0 spiro atoms. The van der Waals surface area contributed by atoms with E-state index in [4.69, 9.17) is 23.2 Å². The zero-order valence-electron chi connectivity index (χ0n) is 9.36. The zero-order valence-corrected chi connectivity index (χ0v) is 10.9. The van der Waals surface area contributed by atoms with Crippen molar-refractivity contribution in [2.24, 2.45) is 5.92 Å². The third-order valence-electron chi connectivity index (χ3n) is 3.65. The van der Waals surface area contributed by atoms with Crippen molar-refractivity contribution in [3.05, 3.63) is 39.9 Å². The fourth-order valence-corrected chi connectivity index (χ4v) is 3.43. The summed E-state index contributed by atoms with van der Waals surface area (Å²) >= 11 is 12.2. The summed E-state index contributed by atoms with van der Waals surface area (Å²) in [6.45, 7) is 0. The minimum atomic E-state index is -0.842. The van der Waals surface area contributed by atoms with Crippen LogP contribution in [-0.2, 0) is 4.79 Å². The number of aliphatic carboxylic acids is 1. The molecule has 2 aliphatic rings. The number of allylic oxidation sites excluding steroid dienone is 2. The predicted octanol–water partition coefficient (Wildman–Crippen LogP) is 3.53. The zero-order chi connectivity index (χ0) is 12.9. The number of benzene rings is 1. The van der Waals surface area contributed by atoms with Crippen molar-refractivity contribution < 1.29 is 9.90 Å². The van der Waals surface area contributed by atoms with E-state index in [9.17, 15) is 9.90 Å². The number of rotatable bonds is 1. The highest BCUT2D eigenvalue weighted by atomic mass is 35.5. The van der Waals surface area contributed by atoms with Crippen LogP contribution in [0.5, 0.6) is 0 Å². The van der Waals surface area contributed by atoms with Crippen LogP contribution in [0.15, 0.2) is 24.3 Å². The van der Waals surface area contributed by atoms with Gasteiger partial charge in [-0.1, -0.05) is 35.4 Å². The third kappa shape index (κ3) is 1.70. The van der Waals surface area contributed by atoms with E-state index in [1.807, 2.05) is 18.2 Å². The van der Waals surface area contributed by atoms with Crippen LogP contribution in [0.1, 0.15) is 17.9 Å². The van der Waals surface area contributed by atoms with Gasteiger partial charge in [-0.25, -0.2) is 4.79 Å². The van der Waals surface area contributed by atoms with Crippen molar-refractivity contribution in [3.63, 3.8) is 0 Å². The number of carboxylic acids is 1. The Kier molecular flexibility index (Phi) is 2.76. The van der Waals surface area contributed by atoms with E-state index in [0.29, 0.717) is 15.7 Å². The van der Waals surface area contributed by atoms with Crippen LogP contribution in [-0.4, -0.2) is 17.1 Å². The van der Waals surface area contributed by atoms with Gasteiger partial charge in [0.2, 0.25) is 0 Å². The van der Waals surface area contributed by atoms with Crippen molar-refractivity contribution in [3.8, 4) is 0 Å². The molecule has 2 N–H and O–H groups in total. The maximum atomic E-state index is 11.3. The van der Waals surface area contributed by atoms with Crippen LogP contribution >= 0.6 is 23.2 Å². The first-order chi connectivity index (χ1) is 8.58. The molecule has 1 heterocycles. The monoisotopic (exact) mass is 283 g/mol. The number of carboxylic acid groups (broad SMARTS) is 1. The number of fused-ring (bicyclic) bond motifs is 3. The van der Waals surface area contributed by atoms with Crippen LogP contribution in [0, 0.1) is 5.92 Å². The smallest absolute Gasteiger partial charge is 0.326 e. The molecule has 0 fully saturated rings. The second kappa shape index (κ2) is 4.18. The van der Waals surface area contributed by atoms with E-state index in [1.54, 1.807) is 6.07 Å². The van der Waals surface area contributed by atoms with E-state index >= 15 is 0 Å². The van der Waals surface area contributed by atoms with E-state index in [2.05, 4.69) is 5.32 Å². The summed E-state index contributed by atoms with van der Waals surface area (Å²) in [5.41, 5.74) is 1.69. The Hall–Kier alpha value is -1.19. The Balaban J connectivity index is 2.14. The quantitative estimate of drug-likeness (QED) is 0.775. The maximum Gasteiger partial charge on any atom is 0.326 e. The van der Waals surface area contributed by atoms with Gasteiger partial charge < -0.3 is 10.4 Å². The minimum absolute atomic E-state index is 0.0320. The summed E-state index contributed by atoms with van der Waals surface area (Å²) in [5.74, 6) is -0.728. The van der Waals surface area contributed by atoms with Gasteiger partial charge in [0.1, 0.15) is 6.04 Å². The Morgan fingerprint density at radius 1 is 1.39 bits per heavy atom. The number of anilines is 1. The van der Waals surface area contributed by atoms with Gasteiger partial charge in [-0.05, 0) is 24.1 Å². The Morgan fingerprint density at radius 2 is 2.17 bits per heavy atom. The topological polar surface area (TPSA) is 49.3 Å². The summed E-state index contributed by atoms with van der Waals surface area (Å²) in [6.07, 6.45) is 4.84. The number of halogens is 2. The van der Waals surface area contributed by atoms with Gasteiger partial charge in [0.15, 0.2) is 0 Å². The van der Waals surface area contributed by atoms with Crippen molar-refractivity contribution in [1.29, 1.82) is 0 Å². The van der Waals surface area contributed by atoms with Crippen LogP contribution in [0.3, 0.4) is 0 Å². The molecule has 3 nitrogen and oxygen atoms in total. The fraction of sp³-hybridized carbons (Fsp3) is 0.308. The molecular formula is C13H11Cl2NO2. The highest BCUT2D eigenvalue weighted by molar-refractivity contribution is 6.36. The van der Waals surface area contributed by atoms with Gasteiger partial charge in [0, 0.05) is 16.9 Å². The van der Waals surface area contributed by atoms with E-state index < -0.39 is 12.0 Å². The van der Waals surface area contributed by atoms with Crippen molar-refractivity contribution in [2.75, 3.05) is 5.32 Å². The molecular weight excluding hydrogens is 273 g/mol. The molecule has 5 heteroatoms. The molecule has 1 aliphatic carbocycles. The third-order valence-corrected chi connectivity index (χ3v) is 4.17. The lowest BCUT2D eigenvalue weighted by molar-refractivity contribution is -0.139. The molecule has 0 saturated carbocycles. The fourth-order valence-electron chi connectivity index (χ4n) is 2.87. The highest BCUT2D eigenvalue weighted by Crippen LogP contribution is 2.47. The molecule has 0 amide bonds.